The monoisotopic (exact) mass is 113 g/mol. The van der Waals surface area contributed by atoms with Gasteiger partial charge in [-0.3, -0.25) is 0 Å². The van der Waals surface area contributed by atoms with Gasteiger partial charge in [0.1, 0.15) is 0 Å². The van der Waals surface area contributed by atoms with Crippen molar-refractivity contribution in [2.45, 2.75) is 0 Å². The predicted octanol–water partition coefficient (Wildman–Crippen LogP) is -1.65. The molecule has 0 aliphatic rings. The van der Waals surface area contributed by atoms with E-state index < -0.39 is 0 Å². The molecule has 8 heavy (non-hydrogen) atoms. The Morgan fingerprint density at radius 2 is 1.62 bits per heavy atom. The number of nitrogens with zero attached hydrogens (tertiary/aromatic N) is 3. The van der Waals surface area contributed by atoms with E-state index in [1.807, 2.05) is 0 Å². The molecule has 1 aromatic heterocycles. The van der Waals surface area contributed by atoms with Gasteiger partial charge < -0.3 is 10.4 Å². The Morgan fingerprint density at radius 3 is 1.88 bits per heavy atom. The van der Waals surface area contributed by atoms with Crippen LogP contribution in [0, 0.1) is 10.4 Å². The second-order valence-electron chi connectivity index (χ2n) is 1.19. The molecule has 42 valence electrons. The first-order valence-corrected chi connectivity index (χ1v) is 1.95. The lowest BCUT2D eigenvalue weighted by Crippen LogP contribution is -2.46. The Labute approximate surface area is 44.9 Å². The fraction of sp³-hybridized carbons (Fsp3) is 0. The summed E-state index contributed by atoms with van der Waals surface area (Å²) < 4.78 is 0. The molecule has 0 fully saturated rings. The first-order chi connectivity index (χ1) is 3.79. The molecule has 0 aliphatic carbocycles. The van der Waals surface area contributed by atoms with Crippen LogP contribution < -0.4 is 9.69 Å². The van der Waals surface area contributed by atoms with Gasteiger partial charge in [0.05, 0.1) is 6.07 Å². The zero-order chi connectivity index (χ0) is 5.98. The van der Waals surface area contributed by atoms with Crippen LogP contribution in [0.3, 0.4) is 0 Å². The van der Waals surface area contributed by atoms with Crippen LogP contribution in [0.2, 0.25) is 0 Å². The topological polar surface area (TPSA) is 66.8 Å². The maximum atomic E-state index is 10.1. The lowest BCUT2D eigenvalue weighted by atomic mass is 10.7. The highest BCUT2D eigenvalue weighted by Gasteiger charge is 1.92. The highest BCUT2D eigenvalue weighted by atomic mass is 16.5. The molecule has 0 amide bonds. The first kappa shape index (κ1) is 4.76. The minimum atomic E-state index is 0.188. The van der Waals surface area contributed by atoms with Crippen molar-refractivity contribution in [3.63, 3.8) is 0 Å². The van der Waals surface area contributed by atoms with Crippen molar-refractivity contribution >= 4 is 0 Å². The summed E-state index contributed by atoms with van der Waals surface area (Å²) in [7, 11) is 0. The minimum Gasteiger partial charge on any atom is -0.590 e. The average molecular weight is 113 g/mol. The molecule has 1 heterocycles. The molecule has 0 aliphatic heterocycles. The number of hydrogen-bond donors (Lipinski definition) is 0. The number of aromatic nitrogens is 3. The van der Waals surface area contributed by atoms with Gasteiger partial charge in [0.25, 0.3) is 5.21 Å². The van der Waals surface area contributed by atoms with Crippen LogP contribution in [-0.4, -0.2) is 5.21 Å². The standard InChI is InChI=1S/C3H3N3O2/c7-5-2-1-3-6(8)4-5/h1-3H. The van der Waals surface area contributed by atoms with E-state index in [0.717, 1.165) is 12.4 Å². The molecule has 0 atom stereocenters. The van der Waals surface area contributed by atoms with E-state index in [-0.39, 0.29) is 9.69 Å². The Bertz CT molecular complexity index is 172. The van der Waals surface area contributed by atoms with Gasteiger partial charge in [-0.25, -0.2) is 0 Å². The van der Waals surface area contributed by atoms with E-state index in [1.165, 1.54) is 6.07 Å². The molecular formula is C3H3N3O2. The molecule has 0 unspecified atom stereocenters. The van der Waals surface area contributed by atoms with Crippen molar-refractivity contribution in [1.29, 1.82) is 0 Å². The summed E-state index contributed by atoms with van der Waals surface area (Å²) in [6, 6.07) is 1.31. The van der Waals surface area contributed by atoms with Crippen molar-refractivity contribution < 1.29 is 9.69 Å². The van der Waals surface area contributed by atoms with Crippen LogP contribution in [0.5, 0.6) is 0 Å². The third-order valence-electron chi connectivity index (χ3n) is 0.603. The van der Waals surface area contributed by atoms with Gasteiger partial charge in [-0.1, -0.05) is 0 Å². The van der Waals surface area contributed by atoms with Gasteiger partial charge in [0, 0.05) is 9.69 Å². The van der Waals surface area contributed by atoms with E-state index in [1.54, 1.807) is 0 Å². The Hall–Kier alpha value is -1.39. The summed E-state index contributed by atoms with van der Waals surface area (Å²) in [6.07, 6.45) is 2.27. The summed E-state index contributed by atoms with van der Waals surface area (Å²) in [5.74, 6) is 0. The second-order valence-corrected chi connectivity index (χ2v) is 1.19. The minimum absolute atomic E-state index is 0.188. The molecule has 0 radical (unpaired) electrons. The van der Waals surface area contributed by atoms with E-state index in [2.05, 4.69) is 5.21 Å². The van der Waals surface area contributed by atoms with Crippen molar-refractivity contribution in [1.82, 2.24) is 5.21 Å². The average Bonchev–Trinajstić information content (AvgIpc) is 1.64. The zero-order valence-corrected chi connectivity index (χ0v) is 3.89. The van der Waals surface area contributed by atoms with Crippen molar-refractivity contribution in [3.8, 4) is 0 Å². The lowest BCUT2D eigenvalue weighted by Gasteiger charge is -1.87. The first-order valence-electron chi connectivity index (χ1n) is 1.95. The Morgan fingerprint density at radius 1 is 1.12 bits per heavy atom. The highest BCUT2D eigenvalue weighted by Crippen LogP contribution is 1.59. The zero-order valence-electron chi connectivity index (χ0n) is 3.89. The third kappa shape index (κ3) is 0.810. The van der Waals surface area contributed by atoms with Gasteiger partial charge >= 0.3 is 0 Å². The fourth-order valence-corrected chi connectivity index (χ4v) is 0.332. The predicted molar refractivity (Wildman–Crippen MR) is 22.2 cm³/mol. The van der Waals surface area contributed by atoms with Crippen molar-refractivity contribution in [2.75, 3.05) is 0 Å². The van der Waals surface area contributed by atoms with Crippen LogP contribution in [0.4, 0.5) is 0 Å². The molecule has 0 N–H and O–H groups in total. The maximum Gasteiger partial charge on any atom is 0.297 e. The summed E-state index contributed by atoms with van der Waals surface area (Å²) >= 11 is 0. The number of rotatable bonds is 0. The van der Waals surface area contributed by atoms with E-state index in [0.29, 0.717) is 0 Å². The lowest BCUT2D eigenvalue weighted by molar-refractivity contribution is -0.846. The third-order valence-corrected chi connectivity index (χ3v) is 0.603. The van der Waals surface area contributed by atoms with Gasteiger partial charge in [-0.15, -0.1) is 0 Å². The van der Waals surface area contributed by atoms with Crippen molar-refractivity contribution in [2.24, 2.45) is 0 Å². The van der Waals surface area contributed by atoms with Crippen LogP contribution in [0.1, 0.15) is 0 Å². The molecular weight excluding hydrogens is 110 g/mol. The van der Waals surface area contributed by atoms with Crippen LogP contribution in [0.25, 0.3) is 0 Å². The van der Waals surface area contributed by atoms with Gasteiger partial charge in [0.2, 0.25) is 12.4 Å². The quantitative estimate of drug-likeness (QED) is 0.299. The van der Waals surface area contributed by atoms with E-state index in [4.69, 9.17) is 0 Å². The summed E-state index contributed by atoms with van der Waals surface area (Å²) in [5, 5.41) is 23.0. The molecule has 5 nitrogen and oxygen atoms in total. The fourth-order valence-electron chi connectivity index (χ4n) is 0.332. The molecule has 0 bridgehead atoms. The molecule has 0 saturated carbocycles. The summed E-state index contributed by atoms with van der Waals surface area (Å²) in [4.78, 5) is 0.375. The summed E-state index contributed by atoms with van der Waals surface area (Å²) in [5.41, 5.74) is 0. The molecule has 1 rings (SSSR count). The molecule has 5 heteroatoms. The van der Waals surface area contributed by atoms with Crippen molar-refractivity contribution in [3.05, 3.63) is 28.9 Å². The molecule has 0 saturated heterocycles. The largest absolute Gasteiger partial charge is 0.590 e. The van der Waals surface area contributed by atoms with Crippen LogP contribution in [0.15, 0.2) is 18.5 Å². The van der Waals surface area contributed by atoms with E-state index >= 15 is 0 Å². The number of hydrogen-bond acceptors (Lipinski definition) is 3. The summed E-state index contributed by atoms with van der Waals surface area (Å²) in [6.45, 7) is 0. The highest BCUT2D eigenvalue weighted by molar-refractivity contribution is 4.61. The molecule has 1 aromatic rings. The van der Waals surface area contributed by atoms with Crippen LogP contribution >= 0.6 is 0 Å². The Balaban J connectivity index is 3.08. The van der Waals surface area contributed by atoms with E-state index in [9.17, 15) is 10.4 Å². The van der Waals surface area contributed by atoms with Crippen LogP contribution in [-0.2, 0) is 0 Å². The second kappa shape index (κ2) is 1.61. The normalized spacial score (nSPS) is 9.00. The van der Waals surface area contributed by atoms with Gasteiger partial charge in [0.15, 0.2) is 0 Å². The molecule has 0 spiro atoms. The Kier molecular flexibility index (Phi) is 0.957. The SMILES string of the molecule is [O-][n+]1ccc[n+]([O-])n1. The molecule has 0 aromatic carbocycles. The maximum absolute atomic E-state index is 10.1. The smallest absolute Gasteiger partial charge is 0.297 e. The van der Waals surface area contributed by atoms with Gasteiger partial charge in [-0.2, -0.15) is 0 Å². The van der Waals surface area contributed by atoms with Gasteiger partial charge in [-0.05, 0) is 0 Å².